The quantitative estimate of drug-likeness (QED) is 0.411. The second-order valence-corrected chi connectivity index (χ2v) is 4.84. The van der Waals surface area contributed by atoms with Crippen LogP contribution >= 0.6 is 0 Å². The van der Waals surface area contributed by atoms with Gasteiger partial charge in [0, 0.05) is 0 Å². The lowest BCUT2D eigenvalue weighted by Gasteiger charge is -2.18. The second kappa shape index (κ2) is 7.90. The van der Waals surface area contributed by atoms with E-state index in [1.165, 1.54) is 0 Å². The summed E-state index contributed by atoms with van der Waals surface area (Å²) < 4.78 is 5.03. The van der Waals surface area contributed by atoms with Crippen molar-refractivity contribution < 1.29 is 19.4 Å². The van der Waals surface area contributed by atoms with Gasteiger partial charge in [-0.05, 0) is 31.6 Å². The summed E-state index contributed by atoms with van der Waals surface area (Å²) in [4.78, 5) is 22.7. The Labute approximate surface area is 108 Å². The van der Waals surface area contributed by atoms with Crippen LogP contribution in [0.5, 0.6) is 0 Å². The molecule has 0 aromatic rings. The monoisotopic (exact) mass is 254 g/mol. The molecule has 1 fully saturated rings. The molecule has 1 aliphatic rings. The van der Waals surface area contributed by atoms with Crippen molar-refractivity contribution >= 4 is 11.9 Å². The van der Waals surface area contributed by atoms with Crippen LogP contribution in [0.15, 0.2) is 12.7 Å². The third-order valence-corrected chi connectivity index (χ3v) is 3.49. The van der Waals surface area contributed by atoms with Gasteiger partial charge in [-0.15, -0.1) is 6.58 Å². The fourth-order valence-corrected chi connectivity index (χ4v) is 2.47. The minimum atomic E-state index is -0.870. The lowest BCUT2D eigenvalue weighted by molar-refractivity contribution is -0.153. The smallest absolute Gasteiger partial charge is 0.307 e. The number of rotatable bonds is 8. The molecule has 18 heavy (non-hydrogen) atoms. The van der Waals surface area contributed by atoms with Crippen molar-refractivity contribution in [1.29, 1.82) is 0 Å². The molecule has 0 bridgehead atoms. The van der Waals surface area contributed by atoms with Gasteiger partial charge in [0.2, 0.25) is 0 Å². The van der Waals surface area contributed by atoms with E-state index < -0.39 is 17.9 Å². The van der Waals surface area contributed by atoms with E-state index in [4.69, 9.17) is 4.74 Å². The largest absolute Gasteiger partial charge is 0.481 e. The van der Waals surface area contributed by atoms with E-state index in [1.807, 2.05) is 0 Å². The number of ether oxygens (including phenoxy) is 1. The first kappa shape index (κ1) is 14.7. The molecule has 0 spiro atoms. The highest BCUT2D eigenvalue weighted by molar-refractivity contribution is 5.79. The van der Waals surface area contributed by atoms with Crippen LogP contribution in [0.4, 0.5) is 0 Å². The third-order valence-electron chi connectivity index (χ3n) is 3.49. The van der Waals surface area contributed by atoms with Gasteiger partial charge in [0.15, 0.2) is 0 Å². The molecule has 0 saturated heterocycles. The first-order chi connectivity index (χ1) is 8.65. The maximum absolute atomic E-state index is 11.6. The molecule has 0 aromatic carbocycles. The number of carbonyl (C=O) groups is 2. The summed E-state index contributed by atoms with van der Waals surface area (Å²) in [7, 11) is 0. The summed E-state index contributed by atoms with van der Waals surface area (Å²) in [6.07, 6.45) is 7.31. The highest BCUT2D eigenvalue weighted by Gasteiger charge is 2.32. The Balaban J connectivity index is 2.33. The zero-order valence-electron chi connectivity index (χ0n) is 10.8. The van der Waals surface area contributed by atoms with E-state index in [0.29, 0.717) is 6.61 Å². The number of carboxylic acid groups (broad SMARTS) is 1. The molecular formula is C14H22O4. The minimum Gasteiger partial charge on any atom is -0.481 e. The van der Waals surface area contributed by atoms with Crippen molar-refractivity contribution in [2.24, 2.45) is 11.8 Å². The molecule has 0 heterocycles. The molecule has 1 saturated carbocycles. The SMILES string of the molecule is C=CCCCOC(=O)C[C@H](C(=O)O)C1CCCC1. The van der Waals surface area contributed by atoms with E-state index in [2.05, 4.69) is 6.58 Å². The van der Waals surface area contributed by atoms with Gasteiger partial charge in [0.05, 0.1) is 18.9 Å². The molecule has 1 atom stereocenters. The maximum Gasteiger partial charge on any atom is 0.307 e. The van der Waals surface area contributed by atoms with Crippen LogP contribution in [0.3, 0.4) is 0 Å². The summed E-state index contributed by atoms with van der Waals surface area (Å²) in [6, 6.07) is 0. The van der Waals surface area contributed by atoms with Gasteiger partial charge in [0.1, 0.15) is 0 Å². The molecule has 0 aliphatic heterocycles. The Morgan fingerprint density at radius 3 is 2.61 bits per heavy atom. The van der Waals surface area contributed by atoms with Crippen molar-refractivity contribution in [3.8, 4) is 0 Å². The van der Waals surface area contributed by atoms with Crippen molar-refractivity contribution in [3.05, 3.63) is 12.7 Å². The van der Waals surface area contributed by atoms with Crippen LogP contribution in [0.1, 0.15) is 44.9 Å². The second-order valence-electron chi connectivity index (χ2n) is 4.84. The number of aliphatic carboxylic acids is 1. The predicted octanol–water partition coefficient (Wildman–Crippen LogP) is 2.78. The zero-order chi connectivity index (χ0) is 13.4. The van der Waals surface area contributed by atoms with Gasteiger partial charge in [-0.1, -0.05) is 18.9 Å². The van der Waals surface area contributed by atoms with Gasteiger partial charge in [-0.2, -0.15) is 0 Å². The fourth-order valence-electron chi connectivity index (χ4n) is 2.47. The number of carboxylic acids is 1. The summed E-state index contributed by atoms with van der Waals surface area (Å²) in [5.41, 5.74) is 0. The van der Waals surface area contributed by atoms with Crippen LogP contribution < -0.4 is 0 Å². The number of carbonyl (C=O) groups excluding carboxylic acids is 1. The van der Waals surface area contributed by atoms with Crippen LogP contribution in [0, 0.1) is 11.8 Å². The third kappa shape index (κ3) is 4.90. The molecule has 4 heteroatoms. The number of hydrogen-bond acceptors (Lipinski definition) is 3. The summed E-state index contributed by atoms with van der Waals surface area (Å²) >= 11 is 0. The molecule has 0 amide bonds. The first-order valence-corrected chi connectivity index (χ1v) is 6.64. The van der Waals surface area contributed by atoms with Crippen molar-refractivity contribution in [3.63, 3.8) is 0 Å². The van der Waals surface area contributed by atoms with E-state index in [1.54, 1.807) is 6.08 Å². The van der Waals surface area contributed by atoms with Crippen molar-refractivity contribution in [2.75, 3.05) is 6.61 Å². The highest BCUT2D eigenvalue weighted by Crippen LogP contribution is 2.33. The number of allylic oxidation sites excluding steroid dienone is 1. The average molecular weight is 254 g/mol. The minimum absolute atomic E-state index is 0.00803. The first-order valence-electron chi connectivity index (χ1n) is 6.64. The summed E-state index contributed by atoms with van der Waals surface area (Å²) in [5, 5.41) is 9.17. The molecule has 0 radical (unpaired) electrons. The molecule has 0 aromatic heterocycles. The maximum atomic E-state index is 11.6. The molecule has 1 rings (SSSR count). The molecule has 4 nitrogen and oxygen atoms in total. The van der Waals surface area contributed by atoms with E-state index >= 15 is 0 Å². The Bertz CT molecular complexity index is 292. The molecular weight excluding hydrogens is 232 g/mol. The van der Waals surface area contributed by atoms with E-state index in [-0.39, 0.29) is 12.3 Å². The fraction of sp³-hybridized carbons (Fsp3) is 0.714. The van der Waals surface area contributed by atoms with E-state index in [9.17, 15) is 14.7 Å². The van der Waals surface area contributed by atoms with Gasteiger partial charge in [-0.25, -0.2) is 0 Å². The molecule has 1 aliphatic carbocycles. The van der Waals surface area contributed by atoms with E-state index in [0.717, 1.165) is 38.5 Å². The van der Waals surface area contributed by atoms with Gasteiger partial charge >= 0.3 is 11.9 Å². The van der Waals surface area contributed by atoms with Crippen molar-refractivity contribution in [1.82, 2.24) is 0 Å². The predicted molar refractivity (Wildman–Crippen MR) is 68.1 cm³/mol. The standard InChI is InChI=1S/C14H22O4/c1-2-3-6-9-18-13(15)10-12(14(16)17)11-7-4-5-8-11/h2,11-12H,1,3-10H2,(H,16,17)/t12-/m0/s1. The number of hydrogen-bond donors (Lipinski definition) is 1. The van der Waals surface area contributed by atoms with Crippen LogP contribution in [0.25, 0.3) is 0 Å². The summed E-state index contributed by atoms with van der Waals surface area (Å²) in [5.74, 6) is -1.69. The van der Waals surface area contributed by atoms with Crippen LogP contribution in [-0.2, 0) is 14.3 Å². The molecule has 0 unspecified atom stereocenters. The average Bonchev–Trinajstić information content (AvgIpc) is 2.85. The Hall–Kier alpha value is -1.32. The Morgan fingerprint density at radius 2 is 2.06 bits per heavy atom. The highest BCUT2D eigenvalue weighted by atomic mass is 16.5. The molecule has 102 valence electrons. The number of unbranched alkanes of at least 4 members (excludes halogenated alkanes) is 1. The zero-order valence-corrected chi connectivity index (χ0v) is 10.8. The lowest BCUT2D eigenvalue weighted by atomic mass is 9.88. The van der Waals surface area contributed by atoms with Crippen molar-refractivity contribution in [2.45, 2.75) is 44.9 Å². The van der Waals surface area contributed by atoms with Gasteiger partial charge in [-0.3, -0.25) is 9.59 Å². The van der Waals surface area contributed by atoms with Crippen LogP contribution in [-0.4, -0.2) is 23.7 Å². The topological polar surface area (TPSA) is 63.6 Å². The summed E-state index contributed by atoms with van der Waals surface area (Å²) in [6.45, 7) is 3.93. The molecule has 1 N–H and O–H groups in total. The number of esters is 1. The lowest BCUT2D eigenvalue weighted by Crippen LogP contribution is -2.25. The Kier molecular flexibility index (Phi) is 6.47. The van der Waals surface area contributed by atoms with Gasteiger partial charge < -0.3 is 9.84 Å². The Morgan fingerprint density at radius 1 is 1.39 bits per heavy atom. The van der Waals surface area contributed by atoms with Gasteiger partial charge in [0.25, 0.3) is 0 Å². The van der Waals surface area contributed by atoms with Crippen LogP contribution in [0.2, 0.25) is 0 Å². The normalized spacial score (nSPS) is 17.3.